The zero-order valence-electron chi connectivity index (χ0n) is 8.49. The number of hydrogen-bond donors (Lipinski definition) is 1. The normalized spacial score (nSPS) is 19.9. The van der Waals surface area contributed by atoms with Gasteiger partial charge in [-0.05, 0) is 32.9 Å². The minimum absolute atomic E-state index is 0.347. The molecular weight excluding hydrogens is 166 g/mol. The summed E-state index contributed by atoms with van der Waals surface area (Å²) in [6.07, 6.45) is 5.21. The van der Waals surface area contributed by atoms with Crippen LogP contribution in [0.1, 0.15) is 32.6 Å². The van der Waals surface area contributed by atoms with Gasteiger partial charge in [0.1, 0.15) is 6.04 Å². The maximum atomic E-state index is 10.6. The van der Waals surface area contributed by atoms with Gasteiger partial charge >= 0.3 is 5.97 Å². The highest BCUT2D eigenvalue weighted by Gasteiger charge is 2.20. The molecule has 1 fully saturated rings. The minimum Gasteiger partial charge on any atom is -0.480 e. The van der Waals surface area contributed by atoms with Crippen LogP contribution in [-0.4, -0.2) is 35.6 Å². The standard InChI is InChI=1S/C10H19NO2/c1-8(10(12)13)11(2)7-6-9-4-3-5-9/h8-9H,3-7H2,1-2H3,(H,12,13). The molecule has 1 rings (SSSR count). The van der Waals surface area contributed by atoms with Crippen LogP contribution in [0.3, 0.4) is 0 Å². The lowest BCUT2D eigenvalue weighted by molar-refractivity contribution is -0.142. The number of carboxylic acids is 1. The Labute approximate surface area is 79.7 Å². The third kappa shape index (κ3) is 2.99. The number of nitrogens with zero attached hydrogens (tertiary/aromatic N) is 1. The van der Waals surface area contributed by atoms with Gasteiger partial charge in [-0.3, -0.25) is 9.69 Å². The number of likely N-dealkylation sites (N-methyl/N-ethyl adjacent to an activating group) is 1. The molecule has 0 aromatic carbocycles. The molecule has 0 radical (unpaired) electrons. The Hall–Kier alpha value is -0.570. The Balaban J connectivity index is 2.15. The van der Waals surface area contributed by atoms with Crippen LogP contribution in [0.4, 0.5) is 0 Å². The highest BCUT2D eigenvalue weighted by molar-refractivity contribution is 5.72. The fourth-order valence-electron chi connectivity index (χ4n) is 1.55. The van der Waals surface area contributed by atoms with E-state index >= 15 is 0 Å². The van der Waals surface area contributed by atoms with E-state index in [4.69, 9.17) is 5.11 Å². The van der Waals surface area contributed by atoms with E-state index in [1.54, 1.807) is 6.92 Å². The van der Waals surface area contributed by atoms with Gasteiger partial charge in [-0.2, -0.15) is 0 Å². The van der Waals surface area contributed by atoms with Crippen molar-refractivity contribution in [1.29, 1.82) is 0 Å². The summed E-state index contributed by atoms with van der Waals surface area (Å²) in [5.74, 6) is 0.138. The van der Waals surface area contributed by atoms with Crippen LogP contribution in [0, 0.1) is 5.92 Å². The lowest BCUT2D eigenvalue weighted by atomic mass is 9.83. The first-order valence-corrected chi connectivity index (χ1v) is 5.04. The van der Waals surface area contributed by atoms with Crippen molar-refractivity contribution >= 4 is 5.97 Å². The molecule has 0 aliphatic heterocycles. The van der Waals surface area contributed by atoms with E-state index in [9.17, 15) is 4.79 Å². The third-order valence-electron chi connectivity index (χ3n) is 3.13. The molecule has 0 amide bonds. The lowest BCUT2D eigenvalue weighted by Gasteiger charge is -2.28. The van der Waals surface area contributed by atoms with E-state index in [-0.39, 0.29) is 6.04 Å². The van der Waals surface area contributed by atoms with Crippen molar-refractivity contribution in [2.75, 3.05) is 13.6 Å². The predicted octanol–water partition coefficient (Wildman–Crippen LogP) is 1.58. The first kappa shape index (κ1) is 10.5. The van der Waals surface area contributed by atoms with Crippen LogP contribution in [-0.2, 0) is 4.79 Å². The molecule has 1 N–H and O–H groups in total. The van der Waals surface area contributed by atoms with E-state index in [1.165, 1.54) is 19.3 Å². The largest absolute Gasteiger partial charge is 0.480 e. The van der Waals surface area contributed by atoms with E-state index in [0.29, 0.717) is 0 Å². The van der Waals surface area contributed by atoms with Crippen LogP contribution >= 0.6 is 0 Å². The molecule has 0 saturated heterocycles. The molecule has 1 atom stereocenters. The number of carbonyl (C=O) groups is 1. The number of carboxylic acid groups (broad SMARTS) is 1. The maximum absolute atomic E-state index is 10.6. The number of aliphatic carboxylic acids is 1. The third-order valence-corrected chi connectivity index (χ3v) is 3.13. The van der Waals surface area contributed by atoms with Crippen molar-refractivity contribution in [1.82, 2.24) is 4.90 Å². The van der Waals surface area contributed by atoms with Crippen molar-refractivity contribution in [2.45, 2.75) is 38.6 Å². The Bertz CT molecular complexity index is 178. The molecule has 0 spiro atoms. The average Bonchev–Trinajstić information content (AvgIpc) is 1.99. The van der Waals surface area contributed by atoms with Gasteiger partial charge in [0, 0.05) is 0 Å². The highest BCUT2D eigenvalue weighted by Crippen LogP contribution is 2.29. The van der Waals surface area contributed by atoms with Crippen LogP contribution in [0.25, 0.3) is 0 Å². The van der Waals surface area contributed by atoms with E-state index in [0.717, 1.165) is 18.9 Å². The smallest absolute Gasteiger partial charge is 0.320 e. The minimum atomic E-state index is -0.726. The molecule has 1 aliphatic rings. The van der Waals surface area contributed by atoms with Gasteiger partial charge in [0.25, 0.3) is 0 Å². The van der Waals surface area contributed by atoms with Gasteiger partial charge in [0.15, 0.2) is 0 Å². The fraction of sp³-hybridized carbons (Fsp3) is 0.900. The molecule has 3 heteroatoms. The second kappa shape index (κ2) is 4.61. The summed E-state index contributed by atoms with van der Waals surface area (Å²) in [6.45, 7) is 2.65. The van der Waals surface area contributed by atoms with Crippen molar-refractivity contribution in [3.8, 4) is 0 Å². The SMILES string of the molecule is CC(C(=O)O)N(C)CCC1CCC1. The van der Waals surface area contributed by atoms with Gasteiger partial charge in [-0.15, -0.1) is 0 Å². The quantitative estimate of drug-likeness (QED) is 0.707. The van der Waals surface area contributed by atoms with Gasteiger partial charge in [-0.25, -0.2) is 0 Å². The molecule has 0 aromatic rings. The second-order valence-electron chi connectivity index (χ2n) is 4.08. The van der Waals surface area contributed by atoms with Crippen molar-refractivity contribution < 1.29 is 9.90 Å². The molecule has 1 aliphatic carbocycles. The molecule has 3 nitrogen and oxygen atoms in total. The number of hydrogen-bond acceptors (Lipinski definition) is 2. The average molecular weight is 185 g/mol. The molecule has 76 valence electrons. The summed E-state index contributed by atoms with van der Waals surface area (Å²) in [5.41, 5.74) is 0. The van der Waals surface area contributed by atoms with Gasteiger partial charge in [-0.1, -0.05) is 19.3 Å². The summed E-state index contributed by atoms with van der Waals surface area (Å²) in [4.78, 5) is 12.5. The van der Waals surface area contributed by atoms with Crippen LogP contribution in [0.2, 0.25) is 0 Å². The molecule has 0 aromatic heterocycles. The Morgan fingerprint density at radius 3 is 2.62 bits per heavy atom. The highest BCUT2D eigenvalue weighted by atomic mass is 16.4. The summed E-state index contributed by atoms with van der Waals surface area (Å²) in [5, 5.41) is 8.75. The zero-order valence-corrected chi connectivity index (χ0v) is 8.49. The van der Waals surface area contributed by atoms with E-state index < -0.39 is 5.97 Å². The van der Waals surface area contributed by atoms with Gasteiger partial charge < -0.3 is 5.11 Å². The van der Waals surface area contributed by atoms with E-state index in [2.05, 4.69) is 0 Å². The molecule has 0 bridgehead atoms. The molecular formula is C10H19NO2. The molecule has 1 saturated carbocycles. The summed E-state index contributed by atoms with van der Waals surface area (Å²) >= 11 is 0. The monoisotopic (exact) mass is 185 g/mol. The Morgan fingerprint density at radius 2 is 2.23 bits per heavy atom. The molecule has 1 unspecified atom stereocenters. The molecule has 13 heavy (non-hydrogen) atoms. The topological polar surface area (TPSA) is 40.5 Å². The van der Waals surface area contributed by atoms with Crippen LogP contribution in [0.5, 0.6) is 0 Å². The Morgan fingerprint density at radius 1 is 1.62 bits per heavy atom. The maximum Gasteiger partial charge on any atom is 0.320 e. The lowest BCUT2D eigenvalue weighted by Crippen LogP contribution is -2.37. The fourth-order valence-corrected chi connectivity index (χ4v) is 1.55. The predicted molar refractivity (Wildman–Crippen MR) is 51.7 cm³/mol. The van der Waals surface area contributed by atoms with Crippen LogP contribution in [0.15, 0.2) is 0 Å². The van der Waals surface area contributed by atoms with Crippen LogP contribution < -0.4 is 0 Å². The van der Waals surface area contributed by atoms with Crippen molar-refractivity contribution in [3.05, 3.63) is 0 Å². The van der Waals surface area contributed by atoms with Gasteiger partial charge in [0.2, 0.25) is 0 Å². The van der Waals surface area contributed by atoms with Crippen molar-refractivity contribution in [2.24, 2.45) is 5.92 Å². The zero-order chi connectivity index (χ0) is 9.84. The Kier molecular flexibility index (Phi) is 3.72. The second-order valence-corrected chi connectivity index (χ2v) is 4.08. The number of rotatable bonds is 5. The molecule has 0 heterocycles. The summed E-state index contributed by atoms with van der Waals surface area (Å²) in [6, 6.07) is -0.347. The van der Waals surface area contributed by atoms with E-state index in [1.807, 2.05) is 11.9 Å². The summed E-state index contributed by atoms with van der Waals surface area (Å²) in [7, 11) is 1.89. The summed E-state index contributed by atoms with van der Waals surface area (Å²) < 4.78 is 0. The first-order valence-electron chi connectivity index (χ1n) is 5.04. The first-order chi connectivity index (χ1) is 6.11. The van der Waals surface area contributed by atoms with Crippen molar-refractivity contribution in [3.63, 3.8) is 0 Å². The van der Waals surface area contributed by atoms with Gasteiger partial charge in [0.05, 0.1) is 0 Å².